The lowest BCUT2D eigenvalue weighted by Gasteiger charge is -2.32. The summed E-state index contributed by atoms with van der Waals surface area (Å²) in [6.45, 7) is 10.1. The standard InChI is InChI=1S/C25H33N3O4S.C10H8/c1-17(2)28(18(3)4)16-19-10-11-21-22(12-13-32-24(21)14-19)26-25(29)15-23(27-33(30)31)20-8-6-5-7-9-20;1-2-6-10-8-4-3-7-9(10)5-1/h5-11,14,17-18,22-23H,12-13,15-16H2,1-4H3,(H,26,29);1-8H. The van der Waals surface area contributed by atoms with Gasteiger partial charge in [-0.2, -0.15) is 12.8 Å². The Morgan fingerprint density at radius 2 is 1.47 bits per heavy atom. The number of nitrogens with one attached hydrogen (secondary N) is 1. The first kappa shape index (κ1) is 31.9. The third kappa shape index (κ3) is 9.24. The number of amides is 1. The molecule has 1 amide bonds. The van der Waals surface area contributed by atoms with Gasteiger partial charge in [-0.25, -0.2) is 0 Å². The van der Waals surface area contributed by atoms with Crippen molar-refractivity contribution in [3.8, 4) is 5.75 Å². The highest BCUT2D eigenvalue weighted by Gasteiger charge is 2.25. The van der Waals surface area contributed by atoms with Crippen LogP contribution in [0.5, 0.6) is 5.75 Å². The molecule has 226 valence electrons. The minimum absolute atomic E-state index is 0.0412. The predicted molar refractivity (Wildman–Crippen MR) is 172 cm³/mol. The van der Waals surface area contributed by atoms with Crippen LogP contribution in [0.2, 0.25) is 0 Å². The van der Waals surface area contributed by atoms with Gasteiger partial charge in [-0.15, -0.1) is 0 Å². The van der Waals surface area contributed by atoms with Crippen LogP contribution >= 0.6 is 0 Å². The first-order chi connectivity index (χ1) is 20.7. The third-order valence-corrected chi connectivity index (χ3v) is 8.01. The van der Waals surface area contributed by atoms with Gasteiger partial charge in [-0.05, 0) is 55.7 Å². The average molecular weight is 600 g/mol. The lowest BCUT2D eigenvalue weighted by atomic mass is 9.97. The monoisotopic (exact) mass is 599 g/mol. The van der Waals surface area contributed by atoms with Crippen molar-refractivity contribution < 1.29 is 17.9 Å². The van der Waals surface area contributed by atoms with Gasteiger partial charge in [0.15, 0.2) is 0 Å². The molecule has 5 rings (SSSR count). The van der Waals surface area contributed by atoms with E-state index in [2.05, 4.69) is 103 Å². The van der Waals surface area contributed by atoms with Gasteiger partial charge in [0.2, 0.25) is 5.91 Å². The van der Waals surface area contributed by atoms with E-state index in [0.29, 0.717) is 30.7 Å². The molecule has 4 aromatic carbocycles. The topological polar surface area (TPSA) is 88.1 Å². The number of carbonyl (C=O) groups excluding carboxylic acids is 1. The molecule has 1 heterocycles. The zero-order valence-corrected chi connectivity index (χ0v) is 26.1. The maximum Gasteiger partial charge on any atom is 0.311 e. The maximum atomic E-state index is 12.8. The van der Waals surface area contributed by atoms with Crippen LogP contribution in [0.15, 0.2) is 101 Å². The van der Waals surface area contributed by atoms with Crippen LogP contribution in [0.25, 0.3) is 10.8 Å². The van der Waals surface area contributed by atoms with Crippen LogP contribution < -0.4 is 10.1 Å². The first-order valence-electron chi connectivity index (χ1n) is 14.8. The van der Waals surface area contributed by atoms with Crippen LogP contribution in [-0.4, -0.2) is 37.9 Å². The predicted octanol–water partition coefficient (Wildman–Crippen LogP) is 7.28. The summed E-state index contributed by atoms with van der Waals surface area (Å²) < 4.78 is 32.0. The fourth-order valence-corrected chi connectivity index (χ4v) is 5.82. The van der Waals surface area contributed by atoms with E-state index in [9.17, 15) is 13.2 Å². The van der Waals surface area contributed by atoms with Gasteiger partial charge in [-0.3, -0.25) is 9.69 Å². The van der Waals surface area contributed by atoms with Crippen molar-refractivity contribution in [1.82, 2.24) is 10.2 Å². The molecule has 0 bridgehead atoms. The fourth-order valence-electron chi connectivity index (χ4n) is 5.41. The van der Waals surface area contributed by atoms with Crippen molar-refractivity contribution in [1.29, 1.82) is 0 Å². The Bertz CT molecular complexity index is 1560. The van der Waals surface area contributed by atoms with Crippen LogP contribution in [0.3, 0.4) is 0 Å². The Hall–Kier alpha value is -4.01. The second kappa shape index (κ2) is 15.5. The normalized spacial score (nSPS) is 14.8. The smallest absolute Gasteiger partial charge is 0.311 e. The van der Waals surface area contributed by atoms with Crippen molar-refractivity contribution in [3.63, 3.8) is 0 Å². The molecule has 0 radical (unpaired) electrons. The molecule has 1 N–H and O–H groups in total. The van der Waals surface area contributed by atoms with Crippen LogP contribution in [0.1, 0.15) is 69.3 Å². The van der Waals surface area contributed by atoms with Crippen molar-refractivity contribution in [2.45, 2.75) is 71.2 Å². The summed E-state index contributed by atoms with van der Waals surface area (Å²) in [5, 5.41) is 5.68. The molecule has 1 aliphatic heterocycles. The quantitative estimate of drug-likeness (QED) is 0.218. The Labute approximate surface area is 256 Å². The van der Waals surface area contributed by atoms with Crippen LogP contribution in [-0.2, 0) is 21.8 Å². The van der Waals surface area contributed by atoms with E-state index in [0.717, 1.165) is 17.9 Å². The van der Waals surface area contributed by atoms with Crippen LogP contribution in [0, 0.1) is 0 Å². The molecule has 2 unspecified atom stereocenters. The van der Waals surface area contributed by atoms with Crippen molar-refractivity contribution in [3.05, 3.63) is 114 Å². The summed E-state index contributed by atoms with van der Waals surface area (Å²) in [7, 11) is -2.60. The van der Waals surface area contributed by atoms with Gasteiger partial charge in [0, 0.05) is 30.6 Å². The number of hydrogen-bond acceptors (Lipinski definition) is 6. The molecule has 0 saturated carbocycles. The summed E-state index contributed by atoms with van der Waals surface area (Å²) in [5.74, 6) is 0.548. The van der Waals surface area contributed by atoms with Gasteiger partial charge in [0.05, 0.1) is 19.1 Å². The largest absolute Gasteiger partial charge is 0.493 e. The van der Waals surface area contributed by atoms with E-state index >= 15 is 0 Å². The van der Waals surface area contributed by atoms with Gasteiger partial charge in [-0.1, -0.05) is 91.0 Å². The van der Waals surface area contributed by atoms with Gasteiger partial charge in [0.25, 0.3) is 0 Å². The van der Waals surface area contributed by atoms with Crippen molar-refractivity contribution >= 4 is 27.2 Å². The molecule has 0 aliphatic carbocycles. The maximum absolute atomic E-state index is 12.8. The Morgan fingerprint density at radius 3 is 2.02 bits per heavy atom. The number of carbonyl (C=O) groups is 1. The lowest BCUT2D eigenvalue weighted by molar-refractivity contribution is -0.122. The summed E-state index contributed by atoms with van der Waals surface area (Å²) in [6, 6.07) is 31.8. The van der Waals surface area contributed by atoms with Crippen LogP contribution in [0.4, 0.5) is 0 Å². The minimum Gasteiger partial charge on any atom is -0.493 e. The van der Waals surface area contributed by atoms with Gasteiger partial charge >= 0.3 is 10.5 Å². The zero-order chi connectivity index (χ0) is 30.8. The summed E-state index contributed by atoms with van der Waals surface area (Å²) in [4.78, 5) is 15.2. The van der Waals surface area contributed by atoms with Gasteiger partial charge < -0.3 is 10.1 Å². The highest BCUT2D eigenvalue weighted by atomic mass is 32.2. The number of nitrogens with zero attached hydrogens (tertiary/aromatic N) is 2. The summed E-state index contributed by atoms with van der Waals surface area (Å²) in [5.41, 5.74) is 2.80. The molecular weight excluding hydrogens is 558 g/mol. The first-order valence-corrected chi connectivity index (χ1v) is 15.8. The molecule has 43 heavy (non-hydrogen) atoms. The molecule has 0 spiro atoms. The van der Waals surface area contributed by atoms with E-state index in [1.54, 1.807) is 24.3 Å². The lowest BCUT2D eigenvalue weighted by Crippen LogP contribution is -2.36. The molecule has 2 atom stereocenters. The van der Waals surface area contributed by atoms with E-state index in [4.69, 9.17) is 4.74 Å². The van der Waals surface area contributed by atoms with Crippen molar-refractivity contribution in [2.24, 2.45) is 4.36 Å². The number of rotatable bonds is 9. The molecule has 0 aromatic heterocycles. The van der Waals surface area contributed by atoms with E-state index in [1.165, 1.54) is 16.3 Å². The molecule has 0 saturated heterocycles. The molecule has 4 aromatic rings. The van der Waals surface area contributed by atoms with Crippen molar-refractivity contribution in [2.75, 3.05) is 6.61 Å². The highest BCUT2D eigenvalue weighted by molar-refractivity contribution is 7.61. The molecule has 7 nitrogen and oxygen atoms in total. The number of ether oxygens (including phenoxy) is 1. The highest BCUT2D eigenvalue weighted by Crippen LogP contribution is 2.34. The number of benzene rings is 4. The molecule has 0 fully saturated rings. The van der Waals surface area contributed by atoms with E-state index in [-0.39, 0.29) is 18.4 Å². The Kier molecular flexibility index (Phi) is 11.5. The second-order valence-corrected chi connectivity index (χ2v) is 11.9. The Morgan fingerprint density at radius 1 is 0.884 bits per heavy atom. The summed E-state index contributed by atoms with van der Waals surface area (Å²) >= 11 is 0. The zero-order valence-electron chi connectivity index (χ0n) is 25.3. The van der Waals surface area contributed by atoms with Gasteiger partial charge in [0.1, 0.15) is 11.8 Å². The minimum atomic E-state index is -2.60. The van der Waals surface area contributed by atoms with E-state index in [1.807, 2.05) is 12.1 Å². The fraction of sp³-hybridized carbons (Fsp3) is 0.343. The number of fused-ring (bicyclic) bond motifs is 2. The molecule has 8 heteroatoms. The van der Waals surface area contributed by atoms with E-state index < -0.39 is 16.5 Å². The second-order valence-electron chi connectivity index (χ2n) is 11.3. The average Bonchev–Trinajstić information content (AvgIpc) is 3.00. The summed E-state index contributed by atoms with van der Waals surface area (Å²) in [6.07, 6.45) is 0.614. The Balaban J connectivity index is 0.000000353. The SMILES string of the molecule is CC(C)N(Cc1ccc2c(c1)OCCC2NC(=O)CC(N=S(=O)=O)c1ccccc1)C(C)C.c1ccc2ccccc2c1. The number of hydrogen-bond donors (Lipinski definition) is 1. The molecular formula is C35H41N3O4S. The molecule has 1 aliphatic rings. The third-order valence-electron chi connectivity index (χ3n) is 7.58.